The van der Waals surface area contributed by atoms with Crippen molar-refractivity contribution in [3.63, 3.8) is 0 Å². The molecule has 0 spiro atoms. The number of fused-ring (bicyclic) bond motifs is 1. The number of carboxylic acid groups (broad SMARTS) is 1. The van der Waals surface area contributed by atoms with Gasteiger partial charge in [-0.05, 0) is 31.4 Å². The third-order valence-electron chi connectivity index (χ3n) is 3.25. The van der Waals surface area contributed by atoms with Gasteiger partial charge >= 0.3 is 5.97 Å². The zero-order valence-corrected chi connectivity index (χ0v) is 9.85. The molecule has 1 unspecified atom stereocenters. The number of benzene rings is 1. The van der Waals surface area contributed by atoms with E-state index in [4.69, 9.17) is 9.84 Å². The first-order valence-electron chi connectivity index (χ1n) is 6.09. The molecule has 1 aliphatic rings. The molecule has 2 heterocycles. The van der Waals surface area contributed by atoms with Crippen LogP contribution in [0.2, 0.25) is 0 Å². The van der Waals surface area contributed by atoms with E-state index >= 15 is 0 Å². The zero-order valence-electron chi connectivity index (χ0n) is 9.85. The number of aromatic amines is 1. The molecule has 2 N–H and O–H groups in total. The van der Waals surface area contributed by atoms with Crippen LogP contribution in [-0.2, 0) is 4.74 Å². The van der Waals surface area contributed by atoms with Gasteiger partial charge in [0.2, 0.25) is 0 Å². The first-order valence-corrected chi connectivity index (χ1v) is 6.09. The van der Waals surface area contributed by atoms with Gasteiger partial charge in [0.15, 0.2) is 0 Å². The standard InChI is InChI=1S/C13H14N2O3/c16-13(17)8-4-3-5-9-11(8)15-12(14-9)10-6-1-2-7-18-10/h3-5,10H,1-2,6-7H2,(H,14,15)(H,16,17). The molecule has 5 heteroatoms. The van der Waals surface area contributed by atoms with E-state index in [1.807, 2.05) is 6.07 Å². The third-order valence-corrected chi connectivity index (χ3v) is 3.25. The average Bonchev–Trinajstić information content (AvgIpc) is 2.83. The van der Waals surface area contributed by atoms with E-state index in [-0.39, 0.29) is 11.7 Å². The molecule has 3 rings (SSSR count). The summed E-state index contributed by atoms with van der Waals surface area (Å²) in [4.78, 5) is 18.7. The summed E-state index contributed by atoms with van der Waals surface area (Å²) >= 11 is 0. The largest absolute Gasteiger partial charge is 0.478 e. The number of nitrogens with zero attached hydrogens (tertiary/aromatic N) is 1. The monoisotopic (exact) mass is 246 g/mol. The molecule has 1 atom stereocenters. The number of carboxylic acids is 1. The number of aromatic nitrogens is 2. The Kier molecular flexibility index (Phi) is 2.76. The smallest absolute Gasteiger partial charge is 0.337 e. The van der Waals surface area contributed by atoms with Crippen LogP contribution >= 0.6 is 0 Å². The van der Waals surface area contributed by atoms with E-state index in [1.165, 1.54) is 0 Å². The lowest BCUT2D eigenvalue weighted by atomic mass is 10.1. The second-order valence-electron chi connectivity index (χ2n) is 4.48. The molecule has 0 aliphatic carbocycles. The first kappa shape index (κ1) is 11.2. The van der Waals surface area contributed by atoms with Gasteiger partial charge in [0.1, 0.15) is 17.4 Å². The Morgan fingerprint density at radius 1 is 1.44 bits per heavy atom. The zero-order chi connectivity index (χ0) is 12.5. The van der Waals surface area contributed by atoms with Crippen molar-refractivity contribution in [1.82, 2.24) is 9.97 Å². The highest BCUT2D eigenvalue weighted by Crippen LogP contribution is 2.28. The highest BCUT2D eigenvalue weighted by molar-refractivity contribution is 6.00. The number of hydrogen-bond acceptors (Lipinski definition) is 3. The summed E-state index contributed by atoms with van der Waals surface area (Å²) in [5.74, 6) is -0.221. The van der Waals surface area contributed by atoms with E-state index in [2.05, 4.69) is 9.97 Å². The SMILES string of the molecule is O=C(O)c1cccc2[nH]c(C3CCCCO3)nc12. The summed E-state index contributed by atoms with van der Waals surface area (Å²) in [6, 6.07) is 5.12. The molecular formula is C13H14N2O3. The van der Waals surface area contributed by atoms with Crippen LogP contribution < -0.4 is 0 Å². The third kappa shape index (κ3) is 1.86. The summed E-state index contributed by atoms with van der Waals surface area (Å²) in [7, 11) is 0. The molecular weight excluding hydrogens is 232 g/mol. The van der Waals surface area contributed by atoms with Gasteiger partial charge in [-0.15, -0.1) is 0 Å². The topological polar surface area (TPSA) is 75.2 Å². The molecule has 0 bridgehead atoms. The van der Waals surface area contributed by atoms with E-state index in [9.17, 15) is 4.79 Å². The van der Waals surface area contributed by atoms with Gasteiger partial charge in [-0.3, -0.25) is 0 Å². The van der Waals surface area contributed by atoms with Crippen molar-refractivity contribution in [3.8, 4) is 0 Å². The van der Waals surface area contributed by atoms with Crippen LogP contribution in [0.5, 0.6) is 0 Å². The second-order valence-corrected chi connectivity index (χ2v) is 4.48. The Hall–Kier alpha value is -1.88. The van der Waals surface area contributed by atoms with Crippen LogP contribution in [0.4, 0.5) is 0 Å². The maximum Gasteiger partial charge on any atom is 0.337 e. The number of hydrogen-bond donors (Lipinski definition) is 2. The number of para-hydroxylation sites is 1. The fourth-order valence-electron chi connectivity index (χ4n) is 2.33. The summed E-state index contributed by atoms with van der Waals surface area (Å²) < 4.78 is 5.65. The van der Waals surface area contributed by atoms with Gasteiger partial charge in [0, 0.05) is 6.61 Å². The van der Waals surface area contributed by atoms with E-state index in [0.29, 0.717) is 5.52 Å². The van der Waals surface area contributed by atoms with Crippen LogP contribution in [0.25, 0.3) is 11.0 Å². The molecule has 0 radical (unpaired) electrons. The van der Waals surface area contributed by atoms with Gasteiger partial charge in [0.05, 0.1) is 11.1 Å². The molecule has 1 aromatic carbocycles. The average molecular weight is 246 g/mol. The van der Waals surface area contributed by atoms with Crippen molar-refractivity contribution in [2.45, 2.75) is 25.4 Å². The maximum atomic E-state index is 11.1. The second kappa shape index (κ2) is 4.42. The maximum absolute atomic E-state index is 11.1. The van der Waals surface area contributed by atoms with Crippen molar-refractivity contribution >= 4 is 17.0 Å². The van der Waals surface area contributed by atoms with Crippen LogP contribution in [0.15, 0.2) is 18.2 Å². The van der Waals surface area contributed by atoms with Gasteiger partial charge < -0.3 is 14.8 Å². The minimum Gasteiger partial charge on any atom is -0.478 e. The molecule has 1 saturated heterocycles. The highest BCUT2D eigenvalue weighted by atomic mass is 16.5. The van der Waals surface area contributed by atoms with E-state index in [0.717, 1.165) is 37.2 Å². The molecule has 1 aliphatic heterocycles. The highest BCUT2D eigenvalue weighted by Gasteiger charge is 2.21. The number of ether oxygens (including phenoxy) is 1. The molecule has 1 aromatic heterocycles. The predicted molar refractivity (Wildman–Crippen MR) is 65.6 cm³/mol. The van der Waals surface area contributed by atoms with Crippen molar-refractivity contribution in [3.05, 3.63) is 29.6 Å². The van der Waals surface area contributed by atoms with Gasteiger partial charge in [-0.25, -0.2) is 9.78 Å². The molecule has 5 nitrogen and oxygen atoms in total. The van der Waals surface area contributed by atoms with Gasteiger partial charge in [0.25, 0.3) is 0 Å². The van der Waals surface area contributed by atoms with E-state index in [1.54, 1.807) is 12.1 Å². The van der Waals surface area contributed by atoms with Crippen LogP contribution in [0, 0.1) is 0 Å². The Labute approximate surface area is 104 Å². The molecule has 94 valence electrons. The number of rotatable bonds is 2. The van der Waals surface area contributed by atoms with Crippen LogP contribution in [0.1, 0.15) is 41.5 Å². The van der Waals surface area contributed by atoms with Crippen molar-refractivity contribution < 1.29 is 14.6 Å². The number of aromatic carboxylic acids is 1. The number of nitrogens with one attached hydrogen (secondary N) is 1. The van der Waals surface area contributed by atoms with E-state index < -0.39 is 5.97 Å². The summed E-state index contributed by atoms with van der Waals surface area (Å²) in [5.41, 5.74) is 1.49. The minimum atomic E-state index is -0.955. The van der Waals surface area contributed by atoms with Crippen molar-refractivity contribution in [1.29, 1.82) is 0 Å². The fourth-order valence-corrected chi connectivity index (χ4v) is 2.33. The summed E-state index contributed by atoms with van der Waals surface area (Å²) in [6.07, 6.45) is 3.10. The Bertz CT molecular complexity index is 585. The van der Waals surface area contributed by atoms with Gasteiger partial charge in [-0.2, -0.15) is 0 Å². The molecule has 0 saturated carbocycles. The fraction of sp³-hybridized carbons (Fsp3) is 0.385. The molecule has 18 heavy (non-hydrogen) atoms. The molecule has 0 amide bonds. The Balaban J connectivity index is 2.04. The summed E-state index contributed by atoms with van der Waals surface area (Å²) in [6.45, 7) is 0.744. The van der Waals surface area contributed by atoms with Crippen molar-refractivity contribution in [2.24, 2.45) is 0 Å². The lowest BCUT2D eigenvalue weighted by Gasteiger charge is -2.20. The number of carbonyl (C=O) groups is 1. The van der Waals surface area contributed by atoms with Crippen LogP contribution in [-0.4, -0.2) is 27.7 Å². The van der Waals surface area contributed by atoms with Gasteiger partial charge in [-0.1, -0.05) is 6.07 Å². The minimum absolute atomic E-state index is 0.0344. The first-order chi connectivity index (χ1) is 8.75. The van der Waals surface area contributed by atoms with Crippen LogP contribution in [0.3, 0.4) is 0 Å². The lowest BCUT2D eigenvalue weighted by Crippen LogP contribution is -2.12. The molecule has 1 fully saturated rings. The predicted octanol–water partition coefficient (Wildman–Crippen LogP) is 2.50. The quantitative estimate of drug-likeness (QED) is 0.853. The number of imidazole rings is 1. The Morgan fingerprint density at radius 3 is 3.06 bits per heavy atom. The molecule has 2 aromatic rings. The lowest BCUT2D eigenvalue weighted by molar-refractivity contribution is 0.0101. The normalized spacial score (nSPS) is 20.1. The number of H-pyrrole nitrogens is 1. The summed E-state index contributed by atoms with van der Waals surface area (Å²) in [5, 5.41) is 9.12. The van der Waals surface area contributed by atoms with Crippen molar-refractivity contribution in [2.75, 3.05) is 6.61 Å². The Morgan fingerprint density at radius 2 is 2.33 bits per heavy atom.